The van der Waals surface area contributed by atoms with E-state index >= 15 is 0 Å². The fraction of sp³-hybridized carbons (Fsp3) is 0.697. The highest BCUT2D eigenvalue weighted by molar-refractivity contribution is 5.97. The average Bonchev–Trinajstić information content (AvgIpc) is 3.10. The number of nitrogens with one attached hydrogen (secondary N) is 6. The lowest BCUT2D eigenvalue weighted by Gasteiger charge is -2.30. The Balaban J connectivity index is 6.17. The Morgan fingerprint density at radius 3 is 1.61 bits per heavy atom. The lowest BCUT2D eigenvalue weighted by molar-refractivity contribution is -0.144. The Labute approximate surface area is 329 Å². The predicted octanol–water partition coefficient (Wildman–Crippen LogP) is -5.82. The molecule has 0 heterocycles. The number of nitrogens with zero attached hydrogens (tertiary/aromatic N) is 1. The zero-order valence-electron chi connectivity index (χ0n) is 32.7. The predicted molar refractivity (Wildman–Crippen MR) is 201 cm³/mol. The van der Waals surface area contributed by atoms with Gasteiger partial charge in [0.15, 0.2) is 5.96 Å². The zero-order valence-corrected chi connectivity index (χ0v) is 32.7. The fourth-order valence-corrected chi connectivity index (χ4v) is 5.04. The summed E-state index contributed by atoms with van der Waals surface area (Å²) in [6.07, 6.45) is -2.83. The van der Waals surface area contributed by atoms with Crippen LogP contribution in [0.5, 0.6) is 0 Å². The average molecular weight is 818 g/mol. The third kappa shape index (κ3) is 19.7. The van der Waals surface area contributed by atoms with Crippen LogP contribution in [0.1, 0.15) is 73.1 Å². The molecule has 0 aromatic carbocycles. The Kier molecular flexibility index (Phi) is 23.0. The van der Waals surface area contributed by atoms with Gasteiger partial charge in [-0.15, -0.1) is 0 Å². The molecule has 0 spiro atoms. The van der Waals surface area contributed by atoms with Crippen molar-refractivity contribution in [2.24, 2.45) is 39.8 Å². The number of aliphatic imine (C=N–C) groups is 1. The van der Waals surface area contributed by atoms with Crippen LogP contribution >= 0.6 is 0 Å². The smallest absolute Gasteiger partial charge is 0.326 e. The first-order valence-corrected chi connectivity index (χ1v) is 18.1. The topological polar surface area (TPSA) is 423 Å². The standard InChI is InChI=1S/C33H59N11O13/c1-6-15(4)24(30(54)41-20(32(56)57)12-22(35)47)43-28(52)19(10-14(2)3)40-31(55)25(16(5)46)44-29(53)21(13-45)42-27(51)18(8-7-9-38-33(36)37)39-26(50)17(34)11-23(48)49/h14-21,24-25,45-46H,6-13,34H2,1-5H3,(H2,35,47)(H,39,50)(H,40,55)(H,41,54)(H,42,51)(H,43,52)(H,44,53)(H,48,49)(H,56,57)(H4,36,37,38)/t15-,16+,17-,18-,19-,20-,21-,24-,25-/m0/s1. The molecule has 0 unspecified atom stereocenters. The number of carboxylic acids is 2. The molecule has 0 saturated carbocycles. The molecule has 57 heavy (non-hydrogen) atoms. The van der Waals surface area contributed by atoms with Gasteiger partial charge in [-0.05, 0) is 38.0 Å². The number of hydrogen-bond donors (Lipinski definition) is 14. The number of primary amides is 1. The lowest BCUT2D eigenvalue weighted by atomic mass is 9.96. The van der Waals surface area contributed by atoms with Crippen LogP contribution < -0.4 is 54.8 Å². The van der Waals surface area contributed by atoms with Gasteiger partial charge >= 0.3 is 11.9 Å². The van der Waals surface area contributed by atoms with Gasteiger partial charge in [-0.25, -0.2) is 4.79 Å². The molecule has 9 atom stereocenters. The van der Waals surface area contributed by atoms with Gasteiger partial charge in [0.2, 0.25) is 41.4 Å². The molecule has 24 heteroatoms. The lowest BCUT2D eigenvalue weighted by Crippen LogP contribution is -2.62. The molecule has 0 fully saturated rings. The number of carbonyl (C=O) groups is 9. The highest BCUT2D eigenvalue weighted by atomic mass is 16.4. The first kappa shape index (κ1) is 51.4. The number of aliphatic hydroxyl groups excluding tert-OH is 2. The number of nitrogens with two attached hydrogens (primary N) is 4. The van der Waals surface area contributed by atoms with E-state index < -0.39 is 127 Å². The van der Waals surface area contributed by atoms with E-state index in [1.807, 2.05) is 0 Å². The Morgan fingerprint density at radius 2 is 1.14 bits per heavy atom. The number of aliphatic hydroxyl groups is 2. The molecule has 0 aliphatic carbocycles. The summed E-state index contributed by atoms with van der Waals surface area (Å²) in [6.45, 7) is 6.82. The molecule has 0 aromatic heterocycles. The molecule has 0 aromatic rings. The molecule has 24 nitrogen and oxygen atoms in total. The molecule has 0 radical (unpaired) electrons. The SMILES string of the molecule is CC[C@H](C)[C@H](NC(=O)[C@H](CC(C)C)NC(=O)[C@@H](NC(=O)[C@H](CO)NC(=O)[C@H](CCCN=C(N)N)NC(=O)[C@@H](N)CC(=O)O)[C@@H](C)O)C(=O)N[C@@H](CC(N)=O)C(=O)O. The van der Waals surface area contributed by atoms with Crippen LogP contribution in [0, 0.1) is 11.8 Å². The maximum atomic E-state index is 13.6. The number of carbonyl (C=O) groups excluding carboxylic acids is 7. The third-order valence-electron chi connectivity index (χ3n) is 8.34. The van der Waals surface area contributed by atoms with Gasteiger partial charge in [0, 0.05) is 6.54 Å². The molecule has 0 bridgehead atoms. The quantitative estimate of drug-likeness (QED) is 0.0209. The summed E-state index contributed by atoms with van der Waals surface area (Å²) < 4.78 is 0. The van der Waals surface area contributed by atoms with Crippen molar-refractivity contribution >= 4 is 59.2 Å². The zero-order chi connectivity index (χ0) is 44.2. The van der Waals surface area contributed by atoms with E-state index in [1.165, 1.54) is 0 Å². The summed E-state index contributed by atoms with van der Waals surface area (Å²) in [5.74, 6) is -11.1. The first-order valence-electron chi connectivity index (χ1n) is 18.1. The molecule has 0 aliphatic heterocycles. The van der Waals surface area contributed by atoms with Crippen LogP contribution in [-0.4, -0.2) is 141 Å². The second-order valence-corrected chi connectivity index (χ2v) is 13.8. The number of guanidine groups is 1. The summed E-state index contributed by atoms with van der Waals surface area (Å²) in [5, 5.41) is 52.7. The maximum absolute atomic E-state index is 13.6. The second kappa shape index (κ2) is 25.5. The number of hydrogen-bond acceptors (Lipinski definition) is 13. The number of amides is 7. The number of rotatable bonds is 27. The van der Waals surface area contributed by atoms with Crippen molar-refractivity contribution in [3.63, 3.8) is 0 Å². The van der Waals surface area contributed by atoms with Crippen molar-refractivity contribution in [1.82, 2.24) is 31.9 Å². The van der Waals surface area contributed by atoms with E-state index in [2.05, 4.69) is 36.9 Å². The van der Waals surface area contributed by atoms with Crippen LogP contribution in [-0.2, 0) is 43.2 Å². The molecule has 7 amide bonds. The number of aliphatic carboxylic acids is 2. The summed E-state index contributed by atoms with van der Waals surface area (Å²) in [4.78, 5) is 117. The van der Waals surface area contributed by atoms with E-state index in [0.29, 0.717) is 6.42 Å². The molecule has 0 rings (SSSR count). The van der Waals surface area contributed by atoms with Crippen LogP contribution in [0.2, 0.25) is 0 Å². The van der Waals surface area contributed by atoms with Gasteiger partial charge in [0.25, 0.3) is 0 Å². The highest BCUT2D eigenvalue weighted by Crippen LogP contribution is 2.12. The van der Waals surface area contributed by atoms with Gasteiger partial charge in [-0.1, -0.05) is 34.1 Å². The first-order chi connectivity index (χ1) is 26.4. The molecule has 0 saturated heterocycles. The van der Waals surface area contributed by atoms with Crippen molar-refractivity contribution in [2.75, 3.05) is 13.2 Å². The normalized spacial score (nSPS) is 15.7. The highest BCUT2D eigenvalue weighted by Gasteiger charge is 2.36. The van der Waals surface area contributed by atoms with E-state index in [0.717, 1.165) is 6.92 Å². The van der Waals surface area contributed by atoms with Crippen LogP contribution in [0.4, 0.5) is 0 Å². The molecular weight excluding hydrogens is 758 g/mol. The summed E-state index contributed by atoms with van der Waals surface area (Å²) in [5.41, 5.74) is 21.3. The minimum absolute atomic E-state index is 0.0156. The fourth-order valence-electron chi connectivity index (χ4n) is 5.04. The summed E-state index contributed by atoms with van der Waals surface area (Å²) in [7, 11) is 0. The van der Waals surface area contributed by atoms with Gasteiger partial charge in [-0.2, -0.15) is 0 Å². The summed E-state index contributed by atoms with van der Waals surface area (Å²) >= 11 is 0. The molecule has 18 N–H and O–H groups in total. The van der Waals surface area contributed by atoms with Crippen molar-refractivity contribution in [3.05, 3.63) is 0 Å². The second-order valence-electron chi connectivity index (χ2n) is 13.8. The van der Waals surface area contributed by atoms with Crippen LogP contribution in [0.3, 0.4) is 0 Å². The molecular formula is C33H59N11O13. The largest absolute Gasteiger partial charge is 0.481 e. The van der Waals surface area contributed by atoms with Gasteiger partial charge < -0.3 is 75.3 Å². The van der Waals surface area contributed by atoms with Gasteiger partial charge in [0.1, 0.15) is 36.3 Å². The number of carboxylic acid groups (broad SMARTS) is 2. The minimum Gasteiger partial charge on any atom is -0.481 e. The Bertz CT molecular complexity index is 1460. The Morgan fingerprint density at radius 1 is 0.649 bits per heavy atom. The Hall–Kier alpha value is -5.62. The monoisotopic (exact) mass is 817 g/mol. The third-order valence-corrected chi connectivity index (χ3v) is 8.34. The van der Waals surface area contributed by atoms with Crippen molar-refractivity contribution in [1.29, 1.82) is 0 Å². The van der Waals surface area contributed by atoms with E-state index in [4.69, 9.17) is 28.0 Å². The van der Waals surface area contributed by atoms with Crippen LogP contribution in [0.15, 0.2) is 4.99 Å². The van der Waals surface area contributed by atoms with Gasteiger partial charge in [-0.3, -0.25) is 43.3 Å². The van der Waals surface area contributed by atoms with Crippen molar-refractivity contribution in [3.8, 4) is 0 Å². The van der Waals surface area contributed by atoms with Gasteiger partial charge in [0.05, 0.1) is 31.6 Å². The molecule has 0 aliphatic rings. The van der Waals surface area contributed by atoms with E-state index in [-0.39, 0.29) is 37.7 Å². The van der Waals surface area contributed by atoms with E-state index in [1.54, 1.807) is 27.7 Å². The molecule has 324 valence electrons. The minimum atomic E-state index is -1.78. The summed E-state index contributed by atoms with van der Waals surface area (Å²) in [6, 6.07) is -10.9. The van der Waals surface area contributed by atoms with Crippen LogP contribution in [0.25, 0.3) is 0 Å². The van der Waals surface area contributed by atoms with Crippen molar-refractivity contribution < 1.29 is 63.6 Å². The van der Waals surface area contributed by atoms with Crippen molar-refractivity contribution in [2.45, 2.75) is 122 Å². The maximum Gasteiger partial charge on any atom is 0.326 e. The van der Waals surface area contributed by atoms with E-state index in [9.17, 15) is 58.5 Å².